The standard InChI is InChI=1S/C14H13FN2O3/c1-8-6-10(14(20)17(2)7-12(18)19)9-4-3-5-11(15)13(9)16-8/h3-6H,7H2,1-2H3,(H,18,19). The number of rotatable bonds is 3. The van der Waals surface area contributed by atoms with Crippen LogP contribution in [0.4, 0.5) is 4.39 Å². The van der Waals surface area contributed by atoms with Gasteiger partial charge in [0.1, 0.15) is 17.9 Å². The first-order chi connectivity index (χ1) is 9.40. The third-order valence-electron chi connectivity index (χ3n) is 2.87. The number of carboxylic acid groups (broad SMARTS) is 1. The number of aryl methyl sites for hydroxylation is 1. The van der Waals surface area contributed by atoms with Crippen LogP contribution in [0.5, 0.6) is 0 Å². The van der Waals surface area contributed by atoms with Crippen molar-refractivity contribution in [3.05, 3.63) is 41.3 Å². The van der Waals surface area contributed by atoms with Crippen molar-refractivity contribution < 1.29 is 19.1 Å². The van der Waals surface area contributed by atoms with Gasteiger partial charge in [-0.3, -0.25) is 9.59 Å². The first kappa shape index (κ1) is 13.9. The van der Waals surface area contributed by atoms with Crippen LogP contribution in [0.1, 0.15) is 16.1 Å². The molecule has 20 heavy (non-hydrogen) atoms. The van der Waals surface area contributed by atoms with Crippen LogP contribution in [0.15, 0.2) is 24.3 Å². The van der Waals surface area contributed by atoms with Gasteiger partial charge in [-0.25, -0.2) is 9.37 Å². The highest BCUT2D eigenvalue weighted by Crippen LogP contribution is 2.22. The van der Waals surface area contributed by atoms with Gasteiger partial charge >= 0.3 is 5.97 Å². The van der Waals surface area contributed by atoms with E-state index in [-0.39, 0.29) is 11.1 Å². The first-order valence-corrected chi connectivity index (χ1v) is 5.93. The zero-order valence-electron chi connectivity index (χ0n) is 11.1. The maximum absolute atomic E-state index is 13.7. The molecule has 5 nitrogen and oxygen atoms in total. The van der Waals surface area contributed by atoms with Crippen LogP contribution in [0, 0.1) is 12.7 Å². The number of amides is 1. The lowest BCUT2D eigenvalue weighted by molar-refractivity contribution is -0.137. The summed E-state index contributed by atoms with van der Waals surface area (Å²) >= 11 is 0. The van der Waals surface area contributed by atoms with E-state index in [1.807, 2.05) is 0 Å². The van der Waals surface area contributed by atoms with E-state index in [9.17, 15) is 14.0 Å². The van der Waals surface area contributed by atoms with Gasteiger partial charge in [-0.1, -0.05) is 12.1 Å². The summed E-state index contributed by atoms with van der Waals surface area (Å²) in [5.41, 5.74) is 0.852. The van der Waals surface area contributed by atoms with E-state index in [1.54, 1.807) is 13.0 Å². The van der Waals surface area contributed by atoms with Gasteiger partial charge in [0.05, 0.1) is 5.56 Å². The molecule has 0 aliphatic heterocycles. The highest BCUT2D eigenvalue weighted by molar-refractivity contribution is 6.06. The first-order valence-electron chi connectivity index (χ1n) is 5.93. The Bertz CT molecular complexity index is 700. The Morgan fingerprint density at radius 1 is 1.40 bits per heavy atom. The number of aliphatic carboxylic acids is 1. The molecule has 0 saturated heterocycles. The molecule has 2 aromatic rings. The topological polar surface area (TPSA) is 70.5 Å². The number of carbonyl (C=O) groups excluding carboxylic acids is 1. The van der Waals surface area contributed by atoms with Gasteiger partial charge in [-0.15, -0.1) is 0 Å². The second kappa shape index (κ2) is 5.24. The zero-order chi connectivity index (χ0) is 14.9. The number of benzene rings is 1. The molecule has 0 spiro atoms. The molecule has 0 radical (unpaired) electrons. The fourth-order valence-electron chi connectivity index (χ4n) is 2.00. The van der Waals surface area contributed by atoms with Gasteiger partial charge in [0.2, 0.25) is 0 Å². The molecule has 2 rings (SSSR count). The molecule has 1 aromatic heterocycles. The van der Waals surface area contributed by atoms with Crippen molar-refractivity contribution in [3.8, 4) is 0 Å². The van der Waals surface area contributed by atoms with E-state index < -0.39 is 24.2 Å². The second-order valence-corrected chi connectivity index (χ2v) is 4.50. The number of fused-ring (bicyclic) bond motifs is 1. The predicted molar refractivity (Wildman–Crippen MR) is 71.0 cm³/mol. The van der Waals surface area contributed by atoms with Crippen molar-refractivity contribution in [2.75, 3.05) is 13.6 Å². The number of pyridine rings is 1. The molecule has 0 bridgehead atoms. The summed E-state index contributed by atoms with van der Waals surface area (Å²) in [5, 5.41) is 9.10. The average molecular weight is 276 g/mol. The van der Waals surface area contributed by atoms with Crippen molar-refractivity contribution in [1.29, 1.82) is 0 Å². The van der Waals surface area contributed by atoms with Gasteiger partial charge in [0.25, 0.3) is 5.91 Å². The molecule has 0 fully saturated rings. The van der Waals surface area contributed by atoms with Crippen LogP contribution in [-0.4, -0.2) is 40.5 Å². The van der Waals surface area contributed by atoms with Gasteiger partial charge < -0.3 is 10.0 Å². The number of hydrogen-bond acceptors (Lipinski definition) is 3. The Balaban J connectivity index is 2.56. The summed E-state index contributed by atoms with van der Waals surface area (Å²) in [4.78, 5) is 28.1. The van der Waals surface area contributed by atoms with E-state index >= 15 is 0 Å². The number of carboxylic acids is 1. The minimum absolute atomic E-state index is 0.111. The highest BCUT2D eigenvalue weighted by atomic mass is 19.1. The summed E-state index contributed by atoms with van der Waals surface area (Å²) in [6.45, 7) is 1.23. The van der Waals surface area contributed by atoms with Crippen LogP contribution in [0.25, 0.3) is 10.9 Å². The molecule has 1 N–H and O–H groups in total. The Hall–Kier alpha value is -2.50. The maximum atomic E-state index is 13.7. The summed E-state index contributed by atoms with van der Waals surface area (Å²) in [5.74, 6) is -2.10. The third-order valence-corrected chi connectivity index (χ3v) is 2.87. The van der Waals surface area contributed by atoms with E-state index in [2.05, 4.69) is 4.98 Å². The number of halogens is 1. The number of hydrogen-bond donors (Lipinski definition) is 1. The Morgan fingerprint density at radius 3 is 2.75 bits per heavy atom. The molecular formula is C14H13FN2O3. The fraction of sp³-hybridized carbons (Fsp3) is 0.214. The molecular weight excluding hydrogens is 263 g/mol. The van der Waals surface area contributed by atoms with Gasteiger partial charge in [0.15, 0.2) is 0 Å². The van der Waals surface area contributed by atoms with E-state index in [4.69, 9.17) is 5.11 Å². The molecule has 104 valence electrons. The summed E-state index contributed by atoms with van der Waals surface area (Å²) in [6, 6.07) is 5.88. The predicted octanol–water partition coefficient (Wildman–Crippen LogP) is 1.84. The van der Waals surface area contributed by atoms with Crippen molar-refractivity contribution in [3.63, 3.8) is 0 Å². The quantitative estimate of drug-likeness (QED) is 0.928. The third kappa shape index (κ3) is 2.59. The molecule has 0 aliphatic carbocycles. The molecule has 1 amide bonds. The molecule has 0 atom stereocenters. The lowest BCUT2D eigenvalue weighted by Gasteiger charge is -2.16. The zero-order valence-corrected chi connectivity index (χ0v) is 11.1. The molecule has 6 heteroatoms. The molecule has 1 heterocycles. The monoisotopic (exact) mass is 276 g/mol. The van der Waals surface area contributed by atoms with Crippen molar-refractivity contribution in [1.82, 2.24) is 9.88 Å². The number of aromatic nitrogens is 1. The lowest BCUT2D eigenvalue weighted by Crippen LogP contribution is -2.32. The van der Waals surface area contributed by atoms with Gasteiger partial charge in [-0.2, -0.15) is 0 Å². The van der Waals surface area contributed by atoms with Crippen LogP contribution in [0.3, 0.4) is 0 Å². The number of carbonyl (C=O) groups is 2. The van der Waals surface area contributed by atoms with Crippen LogP contribution >= 0.6 is 0 Å². The SMILES string of the molecule is Cc1cc(C(=O)N(C)CC(=O)O)c2cccc(F)c2n1. The van der Waals surface area contributed by atoms with E-state index in [0.717, 1.165) is 4.90 Å². The molecule has 1 aromatic carbocycles. The van der Waals surface area contributed by atoms with Crippen LogP contribution in [-0.2, 0) is 4.79 Å². The second-order valence-electron chi connectivity index (χ2n) is 4.50. The molecule has 0 aliphatic rings. The molecule has 0 unspecified atom stereocenters. The summed E-state index contributed by atoms with van der Waals surface area (Å²) < 4.78 is 13.7. The van der Waals surface area contributed by atoms with Crippen LogP contribution < -0.4 is 0 Å². The molecule has 0 saturated carbocycles. The normalized spacial score (nSPS) is 10.6. The summed E-state index contributed by atoms with van der Waals surface area (Å²) in [6.07, 6.45) is 0. The summed E-state index contributed by atoms with van der Waals surface area (Å²) in [7, 11) is 1.39. The Labute approximate surface area is 114 Å². The van der Waals surface area contributed by atoms with Crippen LogP contribution in [0.2, 0.25) is 0 Å². The maximum Gasteiger partial charge on any atom is 0.323 e. The number of nitrogens with zero attached hydrogens (tertiary/aromatic N) is 2. The van der Waals surface area contributed by atoms with E-state index in [0.29, 0.717) is 11.1 Å². The number of para-hydroxylation sites is 1. The van der Waals surface area contributed by atoms with Gasteiger partial charge in [-0.05, 0) is 19.1 Å². The Kier molecular flexibility index (Phi) is 3.65. The van der Waals surface area contributed by atoms with E-state index in [1.165, 1.54) is 25.2 Å². The minimum Gasteiger partial charge on any atom is -0.480 e. The smallest absolute Gasteiger partial charge is 0.323 e. The number of likely N-dealkylation sites (N-methyl/N-ethyl adjacent to an activating group) is 1. The fourth-order valence-corrected chi connectivity index (χ4v) is 2.00. The minimum atomic E-state index is -1.11. The van der Waals surface area contributed by atoms with Crippen molar-refractivity contribution in [2.45, 2.75) is 6.92 Å². The van der Waals surface area contributed by atoms with Crippen molar-refractivity contribution >= 4 is 22.8 Å². The average Bonchev–Trinajstić information content (AvgIpc) is 2.37. The van der Waals surface area contributed by atoms with Gasteiger partial charge in [0, 0.05) is 18.1 Å². The Morgan fingerprint density at radius 2 is 2.10 bits per heavy atom. The highest BCUT2D eigenvalue weighted by Gasteiger charge is 2.19. The largest absolute Gasteiger partial charge is 0.480 e. The lowest BCUT2D eigenvalue weighted by atomic mass is 10.1. The van der Waals surface area contributed by atoms with Crippen molar-refractivity contribution in [2.24, 2.45) is 0 Å².